The quantitative estimate of drug-likeness (QED) is 0.292. The summed E-state index contributed by atoms with van der Waals surface area (Å²) < 4.78 is 36.4. The first-order valence-corrected chi connectivity index (χ1v) is 10.0. The Morgan fingerprint density at radius 3 is 2.24 bits per heavy atom. The lowest BCUT2D eigenvalue weighted by atomic mass is 9.97. The van der Waals surface area contributed by atoms with Crippen molar-refractivity contribution in [2.45, 2.75) is 18.6 Å². The van der Waals surface area contributed by atoms with Gasteiger partial charge in [-0.15, -0.1) is 0 Å². The second kappa shape index (κ2) is 8.41. The van der Waals surface area contributed by atoms with E-state index in [4.69, 9.17) is 9.29 Å². The number of nitrogens with zero attached hydrogens (tertiary/aromatic N) is 1. The van der Waals surface area contributed by atoms with Gasteiger partial charge in [0.2, 0.25) is 5.91 Å². The average molecular weight is 418 g/mol. The summed E-state index contributed by atoms with van der Waals surface area (Å²) in [6.45, 7) is -0.445. The Morgan fingerprint density at radius 2 is 1.69 bits per heavy atom. The number of esters is 1. The van der Waals surface area contributed by atoms with E-state index < -0.39 is 46.6 Å². The largest absolute Gasteiger partial charge is 0.460 e. The van der Waals surface area contributed by atoms with Crippen molar-refractivity contribution in [2.75, 3.05) is 6.54 Å². The maximum absolute atomic E-state index is 12.7. The van der Waals surface area contributed by atoms with E-state index in [-0.39, 0.29) is 10.9 Å². The zero-order chi connectivity index (χ0) is 21.0. The van der Waals surface area contributed by atoms with Crippen LogP contribution in [-0.2, 0) is 36.0 Å². The third kappa shape index (κ3) is 4.79. The average Bonchev–Trinajstić information content (AvgIpc) is 2.70. The molecule has 9 nitrogen and oxygen atoms in total. The highest BCUT2D eigenvalue weighted by molar-refractivity contribution is 7.84. The van der Waals surface area contributed by atoms with E-state index in [0.717, 1.165) is 5.56 Å². The number of amides is 2. The molecule has 0 aromatic heterocycles. The second-order valence-electron chi connectivity index (χ2n) is 6.35. The van der Waals surface area contributed by atoms with E-state index in [1.54, 1.807) is 54.6 Å². The Bertz CT molecular complexity index is 1010. The van der Waals surface area contributed by atoms with Gasteiger partial charge in [0.25, 0.3) is 5.91 Å². The molecule has 1 fully saturated rings. The molecule has 0 bridgehead atoms. The van der Waals surface area contributed by atoms with E-state index in [1.807, 2.05) is 6.07 Å². The molecule has 2 amide bonds. The molecule has 0 spiro atoms. The zero-order valence-corrected chi connectivity index (χ0v) is 15.9. The lowest BCUT2D eigenvalue weighted by molar-refractivity contribution is -0.152. The van der Waals surface area contributed by atoms with Crippen molar-refractivity contribution < 1.29 is 32.1 Å². The van der Waals surface area contributed by atoms with Gasteiger partial charge >= 0.3 is 16.3 Å². The van der Waals surface area contributed by atoms with Gasteiger partial charge in [0.15, 0.2) is 5.92 Å². The summed E-state index contributed by atoms with van der Waals surface area (Å²) in [6.07, 6.45) is 0. The molecule has 1 aliphatic rings. The molecule has 0 aliphatic carbocycles. The molecule has 29 heavy (non-hydrogen) atoms. The molecular weight excluding hydrogens is 400 g/mol. The Kier molecular flexibility index (Phi) is 5.95. The van der Waals surface area contributed by atoms with Crippen molar-refractivity contribution in [3.63, 3.8) is 0 Å². The Labute approximate surface area is 167 Å². The molecule has 2 N–H and O–H groups in total. The third-order valence-corrected chi connectivity index (χ3v) is 5.23. The van der Waals surface area contributed by atoms with E-state index in [9.17, 15) is 22.8 Å². The smallest absolute Gasteiger partial charge is 0.362 e. The summed E-state index contributed by atoms with van der Waals surface area (Å²) in [6, 6.07) is 15.9. The van der Waals surface area contributed by atoms with Crippen LogP contribution in [0, 0.1) is 0 Å². The summed E-state index contributed by atoms with van der Waals surface area (Å²) in [7, 11) is -4.67. The minimum Gasteiger partial charge on any atom is -0.460 e. The number of hydrogen-bond acceptors (Lipinski definition) is 6. The lowest BCUT2D eigenvalue weighted by Crippen LogP contribution is -2.65. The number of ether oxygens (including phenoxy) is 1. The van der Waals surface area contributed by atoms with Crippen LogP contribution in [0.1, 0.15) is 17.0 Å². The molecule has 10 heteroatoms. The Morgan fingerprint density at radius 1 is 1.10 bits per heavy atom. The van der Waals surface area contributed by atoms with Crippen LogP contribution in [0.25, 0.3) is 0 Å². The number of benzene rings is 2. The van der Waals surface area contributed by atoms with Crippen molar-refractivity contribution in [1.82, 2.24) is 9.62 Å². The van der Waals surface area contributed by atoms with Crippen LogP contribution in [0.4, 0.5) is 0 Å². The molecule has 1 heterocycles. The first-order chi connectivity index (χ1) is 13.8. The van der Waals surface area contributed by atoms with E-state index in [0.29, 0.717) is 5.56 Å². The predicted octanol–water partition coefficient (Wildman–Crippen LogP) is 0.643. The van der Waals surface area contributed by atoms with Crippen molar-refractivity contribution in [3.05, 3.63) is 71.8 Å². The summed E-state index contributed by atoms with van der Waals surface area (Å²) >= 11 is 0. The maximum atomic E-state index is 12.7. The molecule has 2 atom stereocenters. The third-order valence-electron chi connectivity index (χ3n) is 4.34. The molecule has 2 aromatic carbocycles. The summed E-state index contributed by atoms with van der Waals surface area (Å²) in [5.74, 6) is -3.93. The SMILES string of the molecule is O=C(NC1CN(S(=O)(=O)O)C1=O)C(C(=O)OCc1ccccc1)c1ccccc1. The van der Waals surface area contributed by atoms with Crippen LogP contribution in [0.15, 0.2) is 60.7 Å². The van der Waals surface area contributed by atoms with Gasteiger partial charge in [-0.3, -0.25) is 18.9 Å². The minimum absolute atomic E-state index is 0.0326. The van der Waals surface area contributed by atoms with Crippen molar-refractivity contribution >= 4 is 28.1 Å². The summed E-state index contributed by atoms with van der Waals surface area (Å²) in [5.41, 5.74) is 1.10. The minimum atomic E-state index is -4.67. The van der Waals surface area contributed by atoms with E-state index in [1.165, 1.54) is 0 Å². The van der Waals surface area contributed by atoms with Crippen LogP contribution in [0.5, 0.6) is 0 Å². The number of nitrogens with one attached hydrogen (secondary N) is 1. The Balaban J connectivity index is 1.71. The van der Waals surface area contributed by atoms with Crippen molar-refractivity contribution in [1.29, 1.82) is 0 Å². The van der Waals surface area contributed by atoms with Gasteiger partial charge in [-0.05, 0) is 11.1 Å². The molecule has 2 aromatic rings. The number of β-lactam (4-membered cyclic amide) rings is 1. The number of carbonyl (C=O) groups excluding carboxylic acids is 3. The van der Waals surface area contributed by atoms with Crippen LogP contribution < -0.4 is 5.32 Å². The molecule has 0 radical (unpaired) electrons. The molecule has 3 rings (SSSR count). The molecule has 2 unspecified atom stereocenters. The predicted molar refractivity (Wildman–Crippen MR) is 101 cm³/mol. The zero-order valence-electron chi connectivity index (χ0n) is 15.1. The normalized spacial score (nSPS) is 17.2. The maximum Gasteiger partial charge on any atom is 0.362 e. The number of hydrogen-bond donors (Lipinski definition) is 2. The first kappa shape index (κ1) is 20.5. The molecule has 1 aliphatic heterocycles. The van der Waals surface area contributed by atoms with Crippen molar-refractivity contribution in [3.8, 4) is 0 Å². The topological polar surface area (TPSA) is 130 Å². The highest BCUT2D eigenvalue weighted by Gasteiger charge is 2.45. The standard InChI is InChI=1S/C19H18N2O7S/c22-17(20-15-11-21(18(15)23)29(25,26)27)16(14-9-5-2-6-10-14)19(24)28-12-13-7-3-1-4-8-13/h1-10,15-16H,11-12H2,(H,20,22)(H,25,26,27). The van der Waals surface area contributed by atoms with Gasteiger partial charge in [-0.1, -0.05) is 60.7 Å². The highest BCUT2D eigenvalue weighted by atomic mass is 32.2. The van der Waals surface area contributed by atoms with Gasteiger partial charge in [0.05, 0.1) is 6.54 Å². The van der Waals surface area contributed by atoms with Crippen LogP contribution in [0.2, 0.25) is 0 Å². The van der Waals surface area contributed by atoms with Crippen molar-refractivity contribution in [2.24, 2.45) is 0 Å². The fourth-order valence-corrected chi connectivity index (χ4v) is 3.51. The highest BCUT2D eigenvalue weighted by Crippen LogP contribution is 2.21. The van der Waals surface area contributed by atoms with Gasteiger partial charge in [-0.2, -0.15) is 8.42 Å². The monoisotopic (exact) mass is 418 g/mol. The van der Waals surface area contributed by atoms with Crippen LogP contribution in [-0.4, -0.2) is 47.6 Å². The van der Waals surface area contributed by atoms with Crippen LogP contribution >= 0.6 is 0 Å². The first-order valence-electron chi connectivity index (χ1n) is 8.62. The van der Waals surface area contributed by atoms with E-state index >= 15 is 0 Å². The molecule has 0 saturated carbocycles. The Hall–Kier alpha value is -3.24. The summed E-state index contributed by atoms with van der Waals surface area (Å²) in [5, 5.41) is 2.34. The van der Waals surface area contributed by atoms with Gasteiger partial charge in [0.1, 0.15) is 12.6 Å². The number of carbonyl (C=O) groups is 3. The summed E-state index contributed by atoms with van der Waals surface area (Å²) in [4.78, 5) is 37.2. The molecule has 152 valence electrons. The fourth-order valence-electron chi connectivity index (χ4n) is 2.82. The van der Waals surface area contributed by atoms with Gasteiger partial charge in [-0.25, -0.2) is 4.31 Å². The van der Waals surface area contributed by atoms with Gasteiger partial charge in [0, 0.05) is 0 Å². The second-order valence-corrected chi connectivity index (χ2v) is 7.68. The molecular formula is C19H18N2O7S. The van der Waals surface area contributed by atoms with E-state index in [2.05, 4.69) is 5.32 Å². The van der Waals surface area contributed by atoms with Crippen LogP contribution in [0.3, 0.4) is 0 Å². The number of rotatable bonds is 7. The van der Waals surface area contributed by atoms with Gasteiger partial charge < -0.3 is 10.1 Å². The fraction of sp³-hybridized carbons (Fsp3) is 0.211. The molecule has 1 saturated heterocycles. The lowest BCUT2D eigenvalue weighted by Gasteiger charge is -2.35.